The van der Waals surface area contributed by atoms with Crippen molar-refractivity contribution in [2.75, 3.05) is 17.2 Å². The lowest BCUT2D eigenvalue weighted by atomic mass is 9.97. The van der Waals surface area contributed by atoms with Crippen LogP contribution in [0.4, 0.5) is 11.5 Å². The third kappa shape index (κ3) is 5.53. The topological polar surface area (TPSA) is 101 Å². The highest BCUT2D eigenvalue weighted by molar-refractivity contribution is 6.03. The maximum atomic E-state index is 13.4. The number of rotatable bonds is 8. The van der Waals surface area contributed by atoms with Gasteiger partial charge in [0.1, 0.15) is 5.82 Å². The molecule has 0 unspecified atom stereocenters. The number of anilines is 2. The number of aromatic nitrogens is 2. The fraction of sp³-hybridized carbons (Fsp3) is 0.423. The first kappa shape index (κ1) is 22.8. The number of hydrogen-bond acceptors (Lipinski definition) is 4. The molecule has 1 saturated carbocycles. The number of hydrogen-bond donors (Lipinski definition) is 2. The third-order valence-electron chi connectivity index (χ3n) is 6.55. The first-order chi connectivity index (χ1) is 15.9. The Morgan fingerprint density at radius 1 is 1.21 bits per heavy atom. The molecule has 1 aromatic carbocycles. The summed E-state index contributed by atoms with van der Waals surface area (Å²) in [6.45, 7) is 2.51. The van der Waals surface area contributed by atoms with Crippen LogP contribution in [0.3, 0.4) is 0 Å². The number of nitrogen functional groups attached to an aromatic ring is 1. The largest absolute Gasteiger partial charge is 0.383 e. The molecule has 1 aromatic heterocycles. The summed E-state index contributed by atoms with van der Waals surface area (Å²) in [7, 11) is 0. The van der Waals surface area contributed by atoms with Gasteiger partial charge >= 0.3 is 5.69 Å². The minimum atomic E-state index is -0.634. The van der Waals surface area contributed by atoms with Crippen molar-refractivity contribution in [1.29, 1.82) is 0 Å². The fourth-order valence-corrected chi connectivity index (χ4v) is 4.41. The van der Waals surface area contributed by atoms with Gasteiger partial charge in [0.2, 0.25) is 0 Å². The van der Waals surface area contributed by atoms with E-state index in [4.69, 9.17) is 5.73 Å². The van der Waals surface area contributed by atoms with Gasteiger partial charge in [-0.15, -0.1) is 0 Å². The summed E-state index contributed by atoms with van der Waals surface area (Å²) >= 11 is 0. The molecule has 1 amide bonds. The van der Waals surface area contributed by atoms with Crippen molar-refractivity contribution in [3.63, 3.8) is 0 Å². The van der Waals surface area contributed by atoms with Gasteiger partial charge in [-0.05, 0) is 63.4 Å². The van der Waals surface area contributed by atoms with Gasteiger partial charge in [0.05, 0.1) is 6.54 Å². The quantitative estimate of drug-likeness (QED) is 0.474. The molecule has 1 heterocycles. The molecule has 2 aliphatic rings. The minimum absolute atomic E-state index is 0.0102. The summed E-state index contributed by atoms with van der Waals surface area (Å²) < 4.78 is 1.32. The molecule has 174 valence electrons. The van der Waals surface area contributed by atoms with Gasteiger partial charge in [-0.3, -0.25) is 19.1 Å². The average molecular weight is 449 g/mol. The van der Waals surface area contributed by atoms with Crippen LogP contribution in [0.15, 0.2) is 63.2 Å². The Morgan fingerprint density at radius 3 is 2.64 bits per heavy atom. The summed E-state index contributed by atoms with van der Waals surface area (Å²) in [4.78, 5) is 42.7. The molecular formula is C26H32N4O3. The number of nitrogens with one attached hydrogen (secondary N) is 1. The number of amides is 1. The van der Waals surface area contributed by atoms with Crippen molar-refractivity contribution in [2.45, 2.75) is 58.4 Å². The van der Waals surface area contributed by atoms with E-state index in [9.17, 15) is 14.4 Å². The van der Waals surface area contributed by atoms with Gasteiger partial charge in [-0.2, -0.15) is 0 Å². The Hall–Kier alpha value is -3.35. The summed E-state index contributed by atoms with van der Waals surface area (Å²) in [6.07, 6.45) is 11.1. The van der Waals surface area contributed by atoms with E-state index in [1.807, 2.05) is 37.3 Å². The van der Waals surface area contributed by atoms with Crippen molar-refractivity contribution in [3.8, 4) is 0 Å². The zero-order chi connectivity index (χ0) is 23.4. The molecule has 7 nitrogen and oxygen atoms in total. The molecule has 1 fully saturated rings. The number of benzene rings is 1. The van der Waals surface area contributed by atoms with Crippen molar-refractivity contribution in [2.24, 2.45) is 5.92 Å². The molecule has 0 atom stereocenters. The van der Waals surface area contributed by atoms with Crippen LogP contribution in [0.2, 0.25) is 0 Å². The number of carbonyl (C=O) groups excluding carboxylic acids is 1. The van der Waals surface area contributed by atoms with Crippen LogP contribution in [0.5, 0.6) is 0 Å². The molecule has 2 aromatic rings. The highest BCUT2D eigenvalue weighted by Gasteiger charge is 2.27. The Morgan fingerprint density at radius 2 is 1.97 bits per heavy atom. The standard InChI is InChI=1S/C26H32N4O3/c1-18(21-12-13-21)16-22(31)29(15-14-19-8-4-2-5-9-19)23-24(27)30(26(33)28-25(23)32)17-20-10-6-3-7-11-20/h3,6-8,10-11,16,21H,2,4-5,9,12-15,17,27H2,1H3,(H,28,32,33)/b18-16-. The predicted molar refractivity (Wildman–Crippen MR) is 131 cm³/mol. The van der Waals surface area contributed by atoms with Gasteiger partial charge in [0.25, 0.3) is 11.5 Å². The molecule has 3 N–H and O–H groups in total. The van der Waals surface area contributed by atoms with Gasteiger partial charge in [-0.1, -0.05) is 47.6 Å². The number of H-pyrrole nitrogens is 1. The molecule has 0 bridgehead atoms. The molecular weight excluding hydrogens is 416 g/mol. The van der Waals surface area contributed by atoms with Crippen molar-refractivity contribution < 1.29 is 4.79 Å². The lowest BCUT2D eigenvalue weighted by molar-refractivity contribution is -0.114. The summed E-state index contributed by atoms with van der Waals surface area (Å²) in [5.41, 5.74) is 8.42. The highest BCUT2D eigenvalue weighted by Crippen LogP contribution is 2.36. The number of carbonyl (C=O) groups is 1. The summed E-state index contributed by atoms with van der Waals surface area (Å²) in [5, 5.41) is 0. The first-order valence-corrected chi connectivity index (χ1v) is 11.8. The van der Waals surface area contributed by atoms with Gasteiger partial charge in [-0.25, -0.2) is 4.79 Å². The van der Waals surface area contributed by atoms with Crippen molar-refractivity contribution in [1.82, 2.24) is 9.55 Å². The summed E-state index contributed by atoms with van der Waals surface area (Å²) in [5.74, 6) is 0.188. The van der Waals surface area contributed by atoms with Crippen LogP contribution in [-0.4, -0.2) is 22.0 Å². The fourth-order valence-electron chi connectivity index (χ4n) is 4.41. The van der Waals surface area contributed by atoms with E-state index in [2.05, 4.69) is 11.1 Å². The van der Waals surface area contributed by atoms with Gasteiger partial charge in [0, 0.05) is 12.6 Å². The van der Waals surface area contributed by atoms with E-state index in [0.29, 0.717) is 18.9 Å². The maximum absolute atomic E-state index is 13.4. The second-order valence-corrected chi connectivity index (χ2v) is 9.08. The Labute approximate surface area is 193 Å². The average Bonchev–Trinajstić information content (AvgIpc) is 3.65. The van der Waals surface area contributed by atoms with E-state index in [-0.39, 0.29) is 24.0 Å². The molecule has 2 aliphatic carbocycles. The van der Waals surface area contributed by atoms with Crippen LogP contribution >= 0.6 is 0 Å². The van der Waals surface area contributed by atoms with Crippen LogP contribution in [-0.2, 0) is 11.3 Å². The van der Waals surface area contributed by atoms with Crippen molar-refractivity contribution >= 4 is 17.4 Å². The zero-order valence-electron chi connectivity index (χ0n) is 19.2. The van der Waals surface area contributed by atoms with E-state index in [1.54, 1.807) is 6.08 Å². The van der Waals surface area contributed by atoms with E-state index in [0.717, 1.165) is 43.2 Å². The zero-order valence-corrected chi connectivity index (χ0v) is 19.2. The van der Waals surface area contributed by atoms with Crippen molar-refractivity contribution in [3.05, 3.63) is 80.0 Å². The van der Waals surface area contributed by atoms with Gasteiger partial charge in [0.15, 0.2) is 5.69 Å². The third-order valence-corrected chi connectivity index (χ3v) is 6.55. The minimum Gasteiger partial charge on any atom is -0.383 e. The molecule has 0 saturated heterocycles. The normalized spacial score (nSPS) is 16.4. The number of allylic oxidation sites excluding steroid dienone is 2. The van der Waals surface area contributed by atoms with Crippen LogP contribution in [0.1, 0.15) is 57.4 Å². The molecule has 0 aliphatic heterocycles. The summed E-state index contributed by atoms with van der Waals surface area (Å²) in [6, 6.07) is 9.42. The lowest BCUT2D eigenvalue weighted by Crippen LogP contribution is -2.41. The van der Waals surface area contributed by atoms with Crippen LogP contribution in [0.25, 0.3) is 0 Å². The number of aromatic amines is 1. The van der Waals surface area contributed by atoms with E-state index < -0.39 is 11.2 Å². The molecule has 33 heavy (non-hydrogen) atoms. The highest BCUT2D eigenvalue weighted by atomic mass is 16.2. The monoisotopic (exact) mass is 448 g/mol. The number of nitrogens with zero attached hydrogens (tertiary/aromatic N) is 2. The second-order valence-electron chi connectivity index (χ2n) is 9.08. The predicted octanol–water partition coefficient (Wildman–Crippen LogP) is 3.75. The van der Waals surface area contributed by atoms with E-state index >= 15 is 0 Å². The van der Waals surface area contributed by atoms with E-state index in [1.165, 1.54) is 21.5 Å². The maximum Gasteiger partial charge on any atom is 0.330 e. The number of nitrogens with two attached hydrogens (primary N) is 1. The smallest absolute Gasteiger partial charge is 0.330 e. The molecule has 0 spiro atoms. The molecule has 7 heteroatoms. The van der Waals surface area contributed by atoms with Crippen LogP contribution < -0.4 is 21.9 Å². The Kier molecular flexibility index (Phi) is 6.96. The lowest BCUT2D eigenvalue weighted by Gasteiger charge is -2.25. The second kappa shape index (κ2) is 10.1. The van der Waals surface area contributed by atoms with Gasteiger partial charge < -0.3 is 10.6 Å². The first-order valence-electron chi connectivity index (χ1n) is 11.8. The Bertz CT molecular complexity index is 1190. The van der Waals surface area contributed by atoms with Crippen LogP contribution in [0, 0.1) is 5.92 Å². The SMILES string of the molecule is C/C(=C/C(=O)N(CCC1=CCCCC1)c1c(N)n(Cc2ccccc2)c(=O)[nH]c1=O)C1CC1. The Balaban J connectivity index is 1.71. The molecule has 4 rings (SSSR count). The molecule has 0 radical (unpaired) electrons.